The number of nitrogens with zero attached hydrogens (tertiary/aromatic N) is 1. The van der Waals surface area contributed by atoms with Crippen molar-refractivity contribution in [1.82, 2.24) is 4.98 Å². The lowest BCUT2D eigenvalue weighted by molar-refractivity contribution is 0.100. The number of nitrogens with two attached hydrogens (primary N) is 2. The predicted octanol–water partition coefficient (Wildman–Crippen LogP) is 0.600. The van der Waals surface area contributed by atoms with E-state index in [1.54, 1.807) is 0 Å². The number of nitrogen functional groups attached to an aromatic ring is 1. The predicted molar refractivity (Wildman–Crippen MR) is 66.7 cm³/mol. The molecule has 0 bridgehead atoms. The van der Waals surface area contributed by atoms with Crippen LogP contribution in [0, 0.1) is 0 Å². The lowest BCUT2D eigenvalue weighted by atomic mass is 10.2. The summed E-state index contributed by atoms with van der Waals surface area (Å²) < 4.78 is 5.26. The quantitative estimate of drug-likeness (QED) is 0.673. The monoisotopic (exact) mass is 238 g/mol. The molecular weight excluding hydrogens is 220 g/mol. The maximum absolute atomic E-state index is 11.2. The number of anilines is 2. The molecular formula is C11H18N4O2. The fourth-order valence-corrected chi connectivity index (χ4v) is 1.35. The van der Waals surface area contributed by atoms with Gasteiger partial charge in [0.25, 0.3) is 5.91 Å². The third-order valence-electron chi connectivity index (χ3n) is 2.13. The molecule has 6 heteroatoms. The van der Waals surface area contributed by atoms with E-state index < -0.39 is 5.91 Å². The van der Waals surface area contributed by atoms with Crippen LogP contribution in [0.1, 0.15) is 24.2 Å². The number of primary amides is 1. The molecule has 0 radical (unpaired) electrons. The lowest BCUT2D eigenvalue weighted by Crippen LogP contribution is -2.25. The summed E-state index contributed by atoms with van der Waals surface area (Å²) in [7, 11) is 0. The second kappa shape index (κ2) is 6.05. The fourth-order valence-electron chi connectivity index (χ4n) is 1.35. The Bertz CT molecular complexity index is 395. The highest BCUT2D eigenvalue weighted by Crippen LogP contribution is 2.15. The Labute approximate surface area is 100 Å². The smallest absolute Gasteiger partial charge is 0.252 e. The van der Waals surface area contributed by atoms with Gasteiger partial charge in [0.2, 0.25) is 0 Å². The average Bonchev–Trinajstić information content (AvgIpc) is 2.28. The molecule has 0 saturated heterocycles. The number of rotatable bonds is 6. The molecule has 1 aromatic rings. The number of ether oxygens (including phenoxy) is 1. The van der Waals surface area contributed by atoms with E-state index in [1.165, 1.54) is 12.3 Å². The van der Waals surface area contributed by atoms with Crippen LogP contribution < -0.4 is 16.8 Å². The van der Waals surface area contributed by atoms with Crippen LogP contribution in [0.2, 0.25) is 0 Å². The summed E-state index contributed by atoms with van der Waals surface area (Å²) in [5.41, 5.74) is 11.5. The Morgan fingerprint density at radius 1 is 1.65 bits per heavy atom. The molecule has 0 fully saturated rings. The minimum Gasteiger partial charge on any atom is -0.397 e. The van der Waals surface area contributed by atoms with Gasteiger partial charge < -0.3 is 21.5 Å². The SMILES string of the molecule is CCOCC(C)Nc1ncc(N)cc1C(N)=O. The minimum absolute atomic E-state index is 0.0316. The highest BCUT2D eigenvalue weighted by Gasteiger charge is 2.12. The summed E-state index contributed by atoms with van der Waals surface area (Å²) in [6.07, 6.45) is 1.47. The summed E-state index contributed by atoms with van der Waals surface area (Å²) >= 11 is 0. The van der Waals surface area contributed by atoms with E-state index >= 15 is 0 Å². The van der Waals surface area contributed by atoms with Crippen molar-refractivity contribution in [3.8, 4) is 0 Å². The maximum Gasteiger partial charge on any atom is 0.252 e. The number of carbonyl (C=O) groups is 1. The van der Waals surface area contributed by atoms with Crippen molar-refractivity contribution in [2.24, 2.45) is 5.73 Å². The molecule has 0 aliphatic rings. The number of pyridine rings is 1. The molecule has 0 spiro atoms. The van der Waals surface area contributed by atoms with Crippen molar-refractivity contribution in [3.63, 3.8) is 0 Å². The van der Waals surface area contributed by atoms with Gasteiger partial charge in [-0.25, -0.2) is 4.98 Å². The zero-order valence-corrected chi connectivity index (χ0v) is 10.1. The molecule has 1 amide bonds. The standard InChI is InChI=1S/C11H18N4O2/c1-3-17-6-7(2)15-11-9(10(13)16)4-8(12)5-14-11/h4-5,7H,3,6,12H2,1-2H3,(H2,13,16)(H,14,15). The van der Waals surface area contributed by atoms with Crippen LogP contribution in [-0.4, -0.2) is 30.1 Å². The van der Waals surface area contributed by atoms with E-state index in [0.29, 0.717) is 24.7 Å². The largest absolute Gasteiger partial charge is 0.397 e. The van der Waals surface area contributed by atoms with Crippen molar-refractivity contribution in [3.05, 3.63) is 17.8 Å². The fraction of sp³-hybridized carbons (Fsp3) is 0.455. The molecule has 17 heavy (non-hydrogen) atoms. The van der Waals surface area contributed by atoms with Crippen molar-refractivity contribution in [1.29, 1.82) is 0 Å². The van der Waals surface area contributed by atoms with E-state index in [1.807, 2.05) is 13.8 Å². The van der Waals surface area contributed by atoms with Gasteiger partial charge in [-0.05, 0) is 19.9 Å². The Morgan fingerprint density at radius 3 is 2.94 bits per heavy atom. The summed E-state index contributed by atoms with van der Waals surface area (Å²) in [5.74, 6) is -0.130. The summed E-state index contributed by atoms with van der Waals surface area (Å²) in [6, 6.07) is 1.54. The number of hydrogen-bond acceptors (Lipinski definition) is 5. The molecule has 1 rings (SSSR count). The zero-order valence-electron chi connectivity index (χ0n) is 10.1. The van der Waals surface area contributed by atoms with Gasteiger partial charge in [-0.3, -0.25) is 4.79 Å². The first-order chi connectivity index (χ1) is 8.04. The topological polar surface area (TPSA) is 103 Å². The van der Waals surface area contributed by atoms with Gasteiger partial charge in [-0.2, -0.15) is 0 Å². The van der Waals surface area contributed by atoms with Crippen LogP contribution in [0.15, 0.2) is 12.3 Å². The van der Waals surface area contributed by atoms with Crippen molar-refractivity contribution in [2.75, 3.05) is 24.3 Å². The number of nitrogens with one attached hydrogen (secondary N) is 1. The number of carbonyl (C=O) groups excluding carboxylic acids is 1. The molecule has 1 heterocycles. The second-order valence-electron chi connectivity index (χ2n) is 3.73. The second-order valence-corrected chi connectivity index (χ2v) is 3.73. The Kier molecular flexibility index (Phi) is 4.71. The van der Waals surface area contributed by atoms with Gasteiger partial charge in [-0.15, -0.1) is 0 Å². The first kappa shape index (κ1) is 13.2. The molecule has 1 unspecified atom stereocenters. The summed E-state index contributed by atoms with van der Waals surface area (Å²) in [4.78, 5) is 15.3. The van der Waals surface area contributed by atoms with Crippen LogP contribution in [0.25, 0.3) is 0 Å². The van der Waals surface area contributed by atoms with Crippen LogP contribution >= 0.6 is 0 Å². The Morgan fingerprint density at radius 2 is 2.35 bits per heavy atom. The van der Waals surface area contributed by atoms with Crippen LogP contribution in [0.5, 0.6) is 0 Å². The molecule has 1 aromatic heterocycles. The van der Waals surface area contributed by atoms with Gasteiger partial charge in [0.1, 0.15) is 5.82 Å². The molecule has 1 atom stereocenters. The third-order valence-corrected chi connectivity index (χ3v) is 2.13. The van der Waals surface area contributed by atoms with Crippen molar-refractivity contribution < 1.29 is 9.53 Å². The minimum atomic E-state index is -0.559. The molecule has 0 aliphatic carbocycles. The summed E-state index contributed by atoms with van der Waals surface area (Å²) in [6.45, 7) is 5.02. The van der Waals surface area contributed by atoms with Gasteiger partial charge in [0.15, 0.2) is 0 Å². The Hall–Kier alpha value is -1.82. The lowest BCUT2D eigenvalue weighted by Gasteiger charge is -2.16. The molecule has 0 aliphatic heterocycles. The van der Waals surface area contributed by atoms with Crippen LogP contribution in [-0.2, 0) is 4.74 Å². The molecule has 6 nitrogen and oxygen atoms in total. The third kappa shape index (κ3) is 3.92. The van der Waals surface area contributed by atoms with Crippen LogP contribution in [0.3, 0.4) is 0 Å². The van der Waals surface area contributed by atoms with Crippen LogP contribution in [0.4, 0.5) is 11.5 Å². The van der Waals surface area contributed by atoms with E-state index in [2.05, 4.69) is 10.3 Å². The first-order valence-corrected chi connectivity index (χ1v) is 5.44. The van der Waals surface area contributed by atoms with Gasteiger partial charge in [0.05, 0.1) is 24.1 Å². The summed E-state index contributed by atoms with van der Waals surface area (Å²) in [5, 5.41) is 3.06. The van der Waals surface area contributed by atoms with Gasteiger partial charge in [0, 0.05) is 12.6 Å². The van der Waals surface area contributed by atoms with Crippen molar-refractivity contribution in [2.45, 2.75) is 19.9 Å². The molecule has 0 saturated carbocycles. The number of aromatic nitrogens is 1. The van der Waals surface area contributed by atoms with Crippen molar-refractivity contribution >= 4 is 17.4 Å². The number of amides is 1. The Balaban J connectivity index is 2.79. The van der Waals surface area contributed by atoms with E-state index in [9.17, 15) is 4.79 Å². The maximum atomic E-state index is 11.2. The average molecular weight is 238 g/mol. The zero-order chi connectivity index (χ0) is 12.8. The van der Waals surface area contributed by atoms with E-state index in [0.717, 1.165) is 0 Å². The molecule has 5 N–H and O–H groups in total. The normalized spacial score (nSPS) is 12.1. The molecule has 0 aromatic carbocycles. The highest BCUT2D eigenvalue weighted by molar-refractivity contribution is 5.98. The van der Waals surface area contributed by atoms with E-state index in [-0.39, 0.29) is 11.6 Å². The number of hydrogen-bond donors (Lipinski definition) is 3. The van der Waals surface area contributed by atoms with Gasteiger partial charge in [-0.1, -0.05) is 0 Å². The molecule has 94 valence electrons. The highest BCUT2D eigenvalue weighted by atomic mass is 16.5. The van der Waals surface area contributed by atoms with E-state index in [4.69, 9.17) is 16.2 Å². The van der Waals surface area contributed by atoms with Gasteiger partial charge >= 0.3 is 0 Å². The first-order valence-electron chi connectivity index (χ1n) is 5.44.